The highest BCUT2D eigenvalue weighted by atomic mass is 32.1. The first kappa shape index (κ1) is 14.1. The molecular formula is C16H24N2OS. The van der Waals surface area contributed by atoms with Crippen LogP contribution in [0, 0.1) is 11.3 Å². The van der Waals surface area contributed by atoms with Gasteiger partial charge in [-0.1, -0.05) is 13.8 Å². The zero-order valence-electron chi connectivity index (χ0n) is 12.4. The number of carbonyl (C=O) groups excluding carboxylic acids is 1. The molecule has 0 radical (unpaired) electrons. The summed E-state index contributed by atoms with van der Waals surface area (Å²) in [5.74, 6) is 0.778. The fourth-order valence-electron chi connectivity index (χ4n) is 3.25. The zero-order valence-corrected chi connectivity index (χ0v) is 13.2. The fourth-order valence-corrected chi connectivity index (χ4v) is 3.91. The van der Waals surface area contributed by atoms with E-state index in [4.69, 9.17) is 0 Å². The first-order valence-corrected chi connectivity index (χ1v) is 8.60. The normalized spacial score (nSPS) is 26.1. The molecule has 0 spiro atoms. The highest BCUT2D eigenvalue weighted by molar-refractivity contribution is 7.07. The Hall–Kier alpha value is -0.870. The van der Waals surface area contributed by atoms with Crippen molar-refractivity contribution >= 4 is 17.2 Å². The molecule has 1 amide bonds. The minimum absolute atomic E-state index is 0.182. The molecule has 2 heterocycles. The summed E-state index contributed by atoms with van der Waals surface area (Å²) in [5, 5.41) is 7.66. The Bertz CT molecular complexity index is 459. The Morgan fingerprint density at radius 1 is 1.55 bits per heavy atom. The molecule has 1 saturated heterocycles. The monoisotopic (exact) mass is 292 g/mol. The lowest BCUT2D eigenvalue weighted by molar-refractivity contribution is -0.145. The molecule has 1 saturated carbocycles. The molecule has 1 aromatic heterocycles. The van der Waals surface area contributed by atoms with Gasteiger partial charge in [0.25, 0.3) is 0 Å². The standard InChI is InChI=1S/C16H24N2OS/c1-12(2)16(6-7-17-11-16)15(19)18(14-3-4-14)9-13-5-8-20-10-13/h5,8,10,12,14,17H,3-4,6-7,9,11H2,1-2H3. The average molecular weight is 292 g/mol. The zero-order chi connectivity index (χ0) is 14.2. The van der Waals surface area contributed by atoms with Gasteiger partial charge < -0.3 is 10.2 Å². The van der Waals surface area contributed by atoms with Crippen LogP contribution in [-0.4, -0.2) is 29.9 Å². The minimum atomic E-state index is -0.182. The molecule has 4 heteroatoms. The second kappa shape index (κ2) is 5.49. The van der Waals surface area contributed by atoms with Gasteiger partial charge in [-0.2, -0.15) is 11.3 Å². The van der Waals surface area contributed by atoms with Crippen molar-refractivity contribution in [3.8, 4) is 0 Å². The van der Waals surface area contributed by atoms with E-state index < -0.39 is 0 Å². The molecular weight excluding hydrogens is 268 g/mol. The van der Waals surface area contributed by atoms with Gasteiger partial charge in [-0.15, -0.1) is 0 Å². The molecule has 1 atom stereocenters. The van der Waals surface area contributed by atoms with Gasteiger partial charge in [0.1, 0.15) is 0 Å². The maximum Gasteiger partial charge on any atom is 0.230 e. The number of hydrogen-bond acceptors (Lipinski definition) is 3. The van der Waals surface area contributed by atoms with Gasteiger partial charge in [0.2, 0.25) is 5.91 Å². The van der Waals surface area contributed by atoms with Crippen LogP contribution in [-0.2, 0) is 11.3 Å². The van der Waals surface area contributed by atoms with E-state index in [1.807, 2.05) is 0 Å². The van der Waals surface area contributed by atoms with Crippen molar-refractivity contribution in [1.82, 2.24) is 10.2 Å². The van der Waals surface area contributed by atoms with Gasteiger partial charge >= 0.3 is 0 Å². The average Bonchev–Trinajstić information content (AvgIpc) is 2.95. The van der Waals surface area contributed by atoms with E-state index in [2.05, 4.69) is 40.9 Å². The van der Waals surface area contributed by atoms with Crippen LogP contribution >= 0.6 is 11.3 Å². The summed E-state index contributed by atoms with van der Waals surface area (Å²) in [4.78, 5) is 15.4. The third-order valence-electron chi connectivity index (χ3n) is 4.90. The Morgan fingerprint density at radius 3 is 2.85 bits per heavy atom. The van der Waals surface area contributed by atoms with Crippen LogP contribution in [0.3, 0.4) is 0 Å². The molecule has 1 aliphatic heterocycles. The first-order valence-electron chi connectivity index (χ1n) is 7.66. The van der Waals surface area contributed by atoms with Crippen molar-refractivity contribution in [1.29, 1.82) is 0 Å². The number of thiophene rings is 1. The van der Waals surface area contributed by atoms with Crippen LogP contribution in [0.2, 0.25) is 0 Å². The summed E-state index contributed by atoms with van der Waals surface area (Å²) >= 11 is 1.71. The molecule has 1 aliphatic carbocycles. The smallest absolute Gasteiger partial charge is 0.230 e. The molecule has 1 unspecified atom stereocenters. The molecule has 3 nitrogen and oxygen atoms in total. The van der Waals surface area contributed by atoms with Gasteiger partial charge in [0.05, 0.1) is 5.41 Å². The van der Waals surface area contributed by atoms with Crippen LogP contribution in [0.1, 0.15) is 38.7 Å². The predicted octanol–water partition coefficient (Wildman–Crippen LogP) is 2.87. The maximum atomic E-state index is 13.2. The second-order valence-corrected chi connectivity index (χ2v) is 7.31. The van der Waals surface area contributed by atoms with Crippen molar-refractivity contribution in [2.24, 2.45) is 11.3 Å². The molecule has 0 aromatic carbocycles. The number of nitrogens with one attached hydrogen (secondary N) is 1. The molecule has 0 bridgehead atoms. The highest BCUT2D eigenvalue weighted by Gasteiger charge is 2.48. The van der Waals surface area contributed by atoms with Crippen molar-refractivity contribution in [3.63, 3.8) is 0 Å². The van der Waals surface area contributed by atoms with Crippen molar-refractivity contribution in [2.75, 3.05) is 13.1 Å². The van der Waals surface area contributed by atoms with E-state index >= 15 is 0 Å². The Balaban J connectivity index is 1.81. The SMILES string of the molecule is CC(C)C1(C(=O)N(Cc2ccsc2)C2CC2)CCNC1. The summed E-state index contributed by atoms with van der Waals surface area (Å²) in [5.41, 5.74) is 1.10. The Kier molecular flexibility index (Phi) is 3.87. The Morgan fingerprint density at radius 2 is 2.35 bits per heavy atom. The molecule has 2 fully saturated rings. The molecule has 2 aliphatic rings. The van der Waals surface area contributed by atoms with E-state index in [0.717, 1.165) is 26.1 Å². The van der Waals surface area contributed by atoms with Gasteiger partial charge in [-0.3, -0.25) is 4.79 Å². The van der Waals surface area contributed by atoms with Crippen LogP contribution in [0.4, 0.5) is 0 Å². The minimum Gasteiger partial charge on any atom is -0.335 e. The van der Waals surface area contributed by atoms with Crippen LogP contribution in [0.15, 0.2) is 16.8 Å². The predicted molar refractivity (Wildman–Crippen MR) is 82.6 cm³/mol. The van der Waals surface area contributed by atoms with Gasteiger partial charge in [-0.05, 0) is 54.1 Å². The number of hydrogen-bond donors (Lipinski definition) is 1. The van der Waals surface area contributed by atoms with Crippen molar-refractivity contribution in [3.05, 3.63) is 22.4 Å². The van der Waals surface area contributed by atoms with E-state index in [1.54, 1.807) is 11.3 Å². The molecule has 1 N–H and O–H groups in total. The van der Waals surface area contributed by atoms with Crippen molar-refractivity contribution < 1.29 is 4.79 Å². The second-order valence-electron chi connectivity index (χ2n) is 6.53. The lowest BCUT2D eigenvalue weighted by Gasteiger charge is -2.37. The fraction of sp³-hybridized carbons (Fsp3) is 0.688. The number of carbonyl (C=O) groups is 1. The van der Waals surface area contributed by atoms with Crippen LogP contribution in [0.5, 0.6) is 0 Å². The lowest BCUT2D eigenvalue weighted by Crippen LogP contribution is -2.48. The summed E-state index contributed by atoms with van der Waals surface area (Å²) in [7, 11) is 0. The quantitative estimate of drug-likeness (QED) is 0.905. The van der Waals surface area contributed by atoms with E-state index in [1.165, 1.54) is 18.4 Å². The largest absolute Gasteiger partial charge is 0.335 e. The number of nitrogens with zero attached hydrogens (tertiary/aromatic N) is 1. The third kappa shape index (κ3) is 2.51. The highest BCUT2D eigenvalue weighted by Crippen LogP contribution is 2.40. The van der Waals surface area contributed by atoms with Gasteiger partial charge in [0, 0.05) is 19.1 Å². The lowest BCUT2D eigenvalue weighted by atomic mass is 9.75. The molecule has 110 valence electrons. The summed E-state index contributed by atoms with van der Waals surface area (Å²) in [6, 6.07) is 2.63. The first-order chi connectivity index (χ1) is 9.63. The Labute approximate surface area is 125 Å². The maximum absolute atomic E-state index is 13.2. The summed E-state index contributed by atoms with van der Waals surface area (Å²) in [6.07, 6.45) is 3.34. The van der Waals surface area contributed by atoms with Crippen LogP contribution in [0.25, 0.3) is 0 Å². The summed E-state index contributed by atoms with van der Waals surface area (Å²) < 4.78 is 0. The number of amides is 1. The van der Waals surface area contributed by atoms with Gasteiger partial charge in [0.15, 0.2) is 0 Å². The van der Waals surface area contributed by atoms with E-state index in [0.29, 0.717) is 17.9 Å². The summed E-state index contributed by atoms with van der Waals surface area (Å²) in [6.45, 7) is 7.00. The molecule has 20 heavy (non-hydrogen) atoms. The van der Waals surface area contributed by atoms with Crippen LogP contribution < -0.4 is 5.32 Å². The topological polar surface area (TPSA) is 32.3 Å². The third-order valence-corrected chi connectivity index (χ3v) is 5.63. The van der Waals surface area contributed by atoms with E-state index in [9.17, 15) is 4.79 Å². The van der Waals surface area contributed by atoms with Crippen molar-refractivity contribution in [2.45, 2.75) is 45.7 Å². The van der Waals surface area contributed by atoms with Gasteiger partial charge in [-0.25, -0.2) is 0 Å². The molecule has 3 rings (SSSR count). The van der Waals surface area contributed by atoms with E-state index in [-0.39, 0.29) is 5.41 Å². The number of rotatable bonds is 5. The molecule has 1 aromatic rings.